The highest BCUT2D eigenvalue weighted by Gasteiger charge is 2.39. The van der Waals surface area contributed by atoms with Crippen LogP contribution in [0.4, 0.5) is 18.9 Å². The number of alkyl halides is 3. The second-order valence-corrected chi connectivity index (χ2v) is 3.83. The van der Waals surface area contributed by atoms with E-state index in [1.807, 2.05) is 0 Å². The molecule has 0 bridgehead atoms. The fourth-order valence-corrected chi connectivity index (χ4v) is 1.67. The monoisotopic (exact) mass is 269 g/mol. The van der Waals surface area contributed by atoms with Crippen LogP contribution >= 0.6 is 0 Å². The molecule has 1 aromatic carbocycles. The number of benzene rings is 1. The maximum absolute atomic E-state index is 13.1. The van der Waals surface area contributed by atoms with Gasteiger partial charge in [0, 0.05) is 6.92 Å². The quantitative estimate of drug-likeness (QED) is 0.911. The summed E-state index contributed by atoms with van der Waals surface area (Å²) in [5, 5.41) is 5.82. The van der Waals surface area contributed by atoms with Crippen LogP contribution < -0.4 is 5.32 Å². The number of hydrogen-bond acceptors (Lipinski definition) is 2. The Balaban J connectivity index is 2.57. The van der Waals surface area contributed by atoms with Crippen molar-refractivity contribution in [3.8, 4) is 5.69 Å². The summed E-state index contributed by atoms with van der Waals surface area (Å²) in [6, 6.07) is 7.90. The highest BCUT2D eigenvalue weighted by molar-refractivity contribution is 5.89. The zero-order chi connectivity index (χ0) is 14.0. The van der Waals surface area contributed by atoms with Crippen molar-refractivity contribution < 1.29 is 18.0 Å². The lowest BCUT2D eigenvalue weighted by molar-refractivity contribution is -0.142. The largest absolute Gasteiger partial charge is 0.435 e. The molecule has 1 heterocycles. The summed E-state index contributed by atoms with van der Waals surface area (Å²) in [6.45, 7) is 1.14. The van der Waals surface area contributed by atoms with Gasteiger partial charge in [0.1, 0.15) is 0 Å². The predicted octanol–water partition coefficient (Wildman–Crippen LogP) is 2.85. The van der Waals surface area contributed by atoms with Gasteiger partial charge in [-0.15, -0.1) is 0 Å². The van der Waals surface area contributed by atoms with Crippen molar-refractivity contribution in [1.82, 2.24) is 9.78 Å². The van der Waals surface area contributed by atoms with Crippen molar-refractivity contribution >= 4 is 11.6 Å². The number of aromatic nitrogens is 2. The summed E-state index contributed by atoms with van der Waals surface area (Å²) >= 11 is 0. The second kappa shape index (κ2) is 4.75. The van der Waals surface area contributed by atoms with Crippen molar-refractivity contribution in [2.75, 3.05) is 5.32 Å². The van der Waals surface area contributed by atoms with Crippen LogP contribution in [0.5, 0.6) is 0 Å². The Bertz CT molecular complexity index is 590. The minimum Gasteiger partial charge on any atom is -0.323 e. The SMILES string of the molecule is CC(=O)Nc1cnn(-c2ccccc2)c1C(F)(F)F. The number of amides is 1. The molecule has 2 aromatic rings. The van der Waals surface area contributed by atoms with E-state index in [0.717, 1.165) is 17.8 Å². The normalized spacial score (nSPS) is 11.4. The second-order valence-electron chi connectivity index (χ2n) is 3.83. The average molecular weight is 269 g/mol. The zero-order valence-electron chi connectivity index (χ0n) is 9.90. The molecule has 7 heteroatoms. The molecule has 2 rings (SSSR count). The number of carbonyl (C=O) groups is 1. The van der Waals surface area contributed by atoms with Gasteiger partial charge >= 0.3 is 6.18 Å². The molecule has 0 unspecified atom stereocenters. The highest BCUT2D eigenvalue weighted by atomic mass is 19.4. The van der Waals surface area contributed by atoms with E-state index in [2.05, 4.69) is 10.4 Å². The fourth-order valence-electron chi connectivity index (χ4n) is 1.67. The van der Waals surface area contributed by atoms with Gasteiger partial charge in [-0.05, 0) is 12.1 Å². The third-order valence-corrected chi connectivity index (χ3v) is 2.35. The van der Waals surface area contributed by atoms with Gasteiger partial charge in [-0.3, -0.25) is 4.79 Å². The first-order chi connectivity index (χ1) is 8.89. The van der Waals surface area contributed by atoms with E-state index >= 15 is 0 Å². The molecule has 0 spiro atoms. The molecule has 0 radical (unpaired) electrons. The molecule has 0 aliphatic rings. The molecule has 1 aromatic heterocycles. The lowest BCUT2D eigenvalue weighted by atomic mass is 10.3. The van der Waals surface area contributed by atoms with E-state index in [0.29, 0.717) is 0 Å². The molecule has 0 aliphatic carbocycles. The van der Waals surface area contributed by atoms with E-state index < -0.39 is 17.8 Å². The first kappa shape index (κ1) is 13.1. The lowest BCUT2D eigenvalue weighted by Crippen LogP contribution is -2.17. The maximum Gasteiger partial charge on any atom is 0.435 e. The highest BCUT2D eigenvalue weighted by Crippen LogP contribution is 2.36. The van der Waals surface area contributed by atoms with E-state index in [4.69, 9.17) is 0 Å². The van der Waals surface area contributed by atoms with Crippen molar-refractivity contribution in [2.45, 2.75) is 13.1 Å². The third-order valence-electron chi connectivity index (χ3n) is 2.35. The summed E-state index contributed by atoms with van der Waals surface area (Å²) in [5.74, 6) is -0.585. The van der Waals surface area contributed by atoms with Crippen LogP contribution in [0.1, 0.15) is 12.6 Å². The van der Waals surface area contributed by atoms with Gasteiger partial charge in [0.2, 0.25) is 5.91 Å². The molecule has 0 saturated carbocycles. The average Bonchev–Trinajstić information content (AvgIpc) is 2.72. The minimum absolute atomic E-state index is 0.270. The van der Waals surface area contributed by atoms with Crippen LogP contribution in [0.25, 0.3) is 5.69 Å². The van der Waals surface area contributed by atoms with Gasteiger partial charge in [0.05, 0.1) is 17.6 Å². The summed E-state index contributed by atoms with van der Waals surface area (Å²) < 4.78 is 40.0. The van der Waals surface area contributed by atoms with Crippen LogP contribution in [0, 0.1) is 0 Å². The summed E-state index contributed by atoms with van der Waals surface area (Å²) in [4.78, 5) is 10.9. The number of hydrogen-bond donors (Lipinski definition) is 1. The molecule has 100 valence electrons. The first-order valence-corrected chi connectivity index (χ1v) is 5.38. The topological polar surface area (TPSA) is 46.9 Å². The van der Waals surface area contributed by atoms with E-state index in [1.54, 1.807) is 18.2 Å². The molecular formula is C12H10F3N3O. The Morgan fingerprint density at radius 3 is 2.42 bits per heavy atom. The molecule has 0 atom stereocenters. The van der Waals surface area contributed by atoms with Crippen LogP contribution in [0.3, 0.4) is 0 Å². The molecule has 1 N–H and O–H groups in total. The number of para-hydroxylation sites is 1. The Morgan fingerprint density at radius 2 is 1.89 bits per heavy atom. The number of anilines is 1. The van der Waals surface area contributed by atoms with Crippen molar-refractivity contribution in [3.05, 3.63) is 42.2 Å². The summed E-state index contributed by atoms with van der Waals surface area (Å²) in [6.07, 6.45) is -3.64. The van der Waals surface area contributed by atoms with Gasteiger partial charge in [-0.25, -0.2) is 4.68 Å². The van der Waals surface area contributed by atoms with Crippen molar-refractivity contribution in [2.24, 2.45) is 0 Å². The Morgan fingerprint density at radius 1 is 1.26 bits per heavy atom. The predicted molar refractivity (Wildman–Crippen MR) is 62.9 cm³/mol. The number of halogens is 3. The van der Waals surface area contributed by atoms with Gasteiger partial charge < -0.3 is 5.32 Å². The molecule has 0 saturated heterocycles. The van der Waals surface area contributed by atoms with Gasteiger partial charge in [-0.1, -0.05) is 18.2 Å². The zero-order valence-corrected chi connectivity index (χ0v) is 9.90. The van der Waals surface area contributed by atoms with Crippen LogP contribution in [0.2, 0.25) is 0 Å². The van der Waals surface area contributed by atoms with Crippen LogP contribution in [-0.4, -0.2) is 15.7 Å². The molecule has 19 heavy (non-hydrogen) atoms. The number of nitrogens with zero attached hydrogens (tertiary/aromatic N) is 2. The Hall–Kier alpha value is -2.31. The lowest BCUT2D eigenvalue weighted by Gasteiger charge is -2.12. The van der Waals surface area contributed by atoms with Gasteiger partial charge in [0.25, 0.3) is 0 Å². The van der Waals surface area contributed by atoms with Crippen molar-refractivity contribution in [3.63, 3.8) is 0 Å². The number of nitrogens with one attached hydrogen (secondary N) is 1. The molecule has 0 aliphatic heterocycles. The van der Waals surface area contributed by atoms with Crippen molar-refractivity contribution in [1.29, 1.82) is 0 Å². The van der Waals surface area contributed by atoms with Crippen LogP contribution in [0.15, 0.2) is 36.5 Å². The van der Waals surface area contributed by atoms with Crippen LogP contribution in [-0.2, 0) is 11.0 Å². The summed E-state index contributed by atoms with van der Waals surface area (Å²) in [7, 11) is 0. The molecule has 0 fully saturated rings. The molecule has 4 nitrogen and oxygen atoms in total. The Kier molecular flexibility index (Phi) is 3.28. The first-order valence-electron chi connectivity index (χ1n) is 5.38. The van der Waals surface area contributed by atoms with Gasteiger partial charge in [-0.2, -0.15) is 18.3 Å². The summed E-state index contributed by atoms with van der Waals surface area (Å²) in [5.41, 5.74) is -1.09. The fraction of sp³-hybridized carbons (Fsp3) is 0.167. The third kappa shape index (κ3) is 2.75. The smallest absolute Gasteiger partial charge is 0.323 e. The molecular weight excluding hydrogens is 259 g/mol. The number of carbonyl (C=O) groups excluding carboxylic acids is 1. The maximum atomic E-state index is 13.1. The molecule has 1 amide bonds. The Labute approximate surface area is 106 Å². The number of rotatable bonds is 2. The minimum atomic E-state index is -4.62. The van der Waals surface area contributed by atoms with E-state index in [9.17, 15) is 18.0 Å². The van der Waals surface area contributed by atoms with E-state index in [1.165, 1.54) is 12.1 Å². The standard InChI is InChI=1S/C12H10F3N3O/c1-8(19)17-10-7-16-18(11(10)12(13,14)15)9-5-3-2-4-6-9/h2-7H,1H3,(H,17,19). The van der Waals surface area contributed by atoms with E-state index in [-0.39, 0.29) is 11.4 Å². The van der Waals surface area contributed by atoms with Gasteiger partial charge in [0.15, 0.2) is 5.69 Å².